The average Bonchev–Trinajstić information content (AvgIpc) is 2.49. The van der Waals surface area contributed by atoms with E-state index in [1.165, 1.54) is 0 Å². The van der Waals surface area contributed by atoms with Gasteiger partial charge in [-0.3, -0.25) is 0 Å². The highest BCUT2D eigenvalue weighted by atomic mass is 35.5. The first-order valence-electron chi connectivity index (χ1n) is 6.19. The van der Waals surface area contributed by atoms with Gasteiger partial charge in [-0.1, -0.05) is 23.7 Å². The Morgan fingerprint density at radius 1 is 1.10 bits per heavy atom. The second kappa shape index (κ2) is 5.07. The summed E-state index contributed by atoms with van der Waals surface area (Å²) in [6, 6.07) is 13.4. The molecule has 0 bridgehead atoms. The molecule has 2 aromatic carbocycles. The van der Waals surface area contributed by atoms with Crippen LogP contribution in [0.5, 0.6) is 0 Å². The van der Waals surface area contributed by atoms with E-state index < -0.39 is 0 Å². The maximum atomic E-state index is 6.05. The second-order valence-electron chi connectivity index (χ2n) is 4.52. The van der Waals surface area contributed by atoms with Crippen molar-refractivity contribution in [3.05, 3.63) is 53.1 Å². The number of aryl methyl sites for hydroxylation is 1. The van der Waals surface area contributed by atoms with Crippen molar-refractivity contribution in [2.45, 2.75) is 6.92 Å². The zero-order valence-electron chi connectivity index (χ0n) is 10.9. The fourth-order valence-electron chi connectivity index (χ4n) is 2.10. The molecule has 0 unspecified atom stereocenters. The van der Waals surface area contributed by atoms with Gasteiger partial charge in [-0.15, -0.1) is 0 Å². The number of hydrogen-bond acceptors (Lipinski definition) is 4. The van der Waals surface area contributed by atoms with Crippen LogP contribution in [0.2, 0.25) is 5.02 Å². The minimum absolute atomic E-state index is 0.609. The van der Waals surface area contributed by atoms with Crippen LogP contribution in [-0.4, -0.2) is 9.97 Å². The molecule has 0 aliphatic rings. The summed E-state index contributed by atoms with van der Waals surface area (Å²) in [5.74, 6) is 6.79. The molecular weight excluding hydrogens is 272 g/mol. The molecule has 5 heteroatoms. The first-order valence-corrected chi connectivity index (χ1v) is 6.57. The lowest BCUT2D eigenvalue weighted by atomic mass is 10.1. The second-order valence-corrected chi connectivity index (χ2v) is 4.93. The van der Waals surface area contributed by atoms with Gasteiger partial charge in [0.1, 0.15) is 0 Å². The zero-order valence-corrected chi connectivity index (χ0v) is 11.6. The Balaban J connectivity index is 2.23. The molecule has 0 spiro atoms. The van der Waals surface area contributed by atoms with Crippen LogP contribution in [-0.2, 0) is 0 Å². The van der Waals surface area contributed by atoms with Gasteiger partial charge >= 0.3 is 0 Å². The van der Waals surface area contributed by atoms with Crippen LogP contribution < -0.4 is 11.3 Å². The molecule has 0 amide bonds. The predicted octanol–water partition coefficient (Wildman–Crippen LogP) is 3.54. The van der Waals surface area contributed by atoms with Gasteiger partial charge in [-0.2, -0.15) is 0 Å². The number of aromatic nitrogens is 2. The van der Waals surface area contributed by atoms with E-state index in [-0.39, 0.29) is 0 Å². The third-order valence-electron chi connectivity index (χ3n) is 3.16. The van der Waals surface area contributed by atoms with Crippen molar-refractivity contribution in [1.82, 2.24) is 9.97 Å². The number of anilines is 1. The molecule has 100 valence electrons. The van der Waals surface area contributed by atoms with E-state index in [0.29, 0.717) is 11.6 Å². The molecule has 4 nitrogen and oxygen atoms in total. The Kier molecular flexibility index (Phi) is 3.26. The third-order valence-corrected chi connectivity index (χ3v) is 3.58. The number of nitrogen functional groups attached to an aromatic ring is 1. The molecule has 0 aliphatic carbocycles. The Labute approximate surface area is 121 Å². The molecule has 0 radical (unpaired) electrons. The Morgan fingerprint density at radius 3 is 2.65 bits per heavy atom. The third kappa shape index (κ3) is 2.19. The summed E-state index contributed by atoms with van der Waals surface area (Å²) in [6.07, 6.45) is 0. The lowest BCUT2D eigenvalue weighted by Gasteiger charge is -2.08. The fraction of sp³-hybridized carbons (Fsp3) is 0.0667. The monoisotopic (exact) mass is 284 g/mol. The number of hydrazine groups is 1. The molecule has 3 rings (SSSR count). The summed E-state index contributed by atoms with van der Waals surface area (Å²) in [5.41, 5.74) is 5.37. The number of rotatable bonds is 2. The standard InChI is InChI=1S/C15H13ClN4/c1-9-8-10(6-7-12(9)16)14-18-13-5-3-2-4-11(13)15(19-14)20-17/h2-8H,17H2,1H3,(H,18,19,20). The molecule has 0 fully saturated rings. The molecule has 0 aliphatic heterocycles. The van der Waals surface area contributed by atoms with Crippen molar-refractivity contribution in [3.63, 3.8) is 0 Å². The van der Waals surface area contributed by atoms with Crippen molar-refractivity contribution in [2.24, 2.45) is 5.84 Å². The highest BCUT2D eigenvalue weighted by molar-refractivity contribution is 6.31. The van der Waals surface area contributed by atoms with Crippen molar-refractivity contribution in [2.75, 3.05) is 5.43 Å². The van der Waals surface area contributed by atoms with Crippen LogP contribution >= 0.6 is 11.6 Å². The average molecular weight is 285 g/mol. The van der Waals surface area contributed by atoms with Crippen molar-refractivity contribution in [1.29, 1.82) is 0 Å². The zero-order chi connectivity index (χ0) is 14.1. The van der Waals surface area contributed by atoms with Crippen LogP contribution in [0.25, 0.3) is 22.3 Å². The lowest BCUT2D eigenvalue weighted by Crippen LogP contribution is -2.10. The number of hydrogen-bond donors (Lipinski definition) is 2. The van der Waals surface area contributed by atoms with Crippen LogP contribution in [0.4, 0.5) is 5.82 Å². The maximum Gasteiger partial charge on any atom is 0.162 e. The maximum absolute atomic E-state index is 6.05. The molecule has 3 N–H and O–H groups in total. The summed E-state index contributed by atoms with van der Waals surface area (Å²) in [6.45, 7) is 1.95. The van der Waals surface area contributed by atoms with E-state index in [2.05, 4.69) is 15.4 Å². The topological polar surface area (TPSA) is 63.8 Å². The van der Waals surface area contributed by atoms with Crippen LogP contribution in [0.3, 0.4) is 0 Å². The number of nitrogens with zero attached hydrogens (tertiary/aromatic N) is 2. The van der Waals surface area contributed by atoms with E-state index >= 15 is 0 Å². The fourth-order valence-corrected chi connectivity index (χ4v) is 2.22. The smallest absolute Gasteiger partial charge is 0.162 e. The van der Waals surface area contributed by atoms with Gasteiger partial charge in [-0.25, -0.2) is 15.8 Å². The van der Waals surface area contributed by atoms with Crippen LogP contribution in [0.15, 0.2) is 42.5 Å². The number of fused-ring (bicyclic) bond motifs is 1. The van der Waals surface area contributed by atoms with E-state index in [1.807, 2.05) is 49.4 Å². The first kappa shape index (κ1) is 12.8. The van der Waals surface area contributed by atoms with Gasteiger partial charge in [0.2, 0.25) is 0 Å². The molecule has 1 aromatic heterocycles. The van der Waals surface area contributed by atoms with Gasteiger partial charge in [0.05, 0.1) is 5.52 Å². The lowest BCUT2D eigenvalue weighted by molar-refractivity contribution is 1.18. The largest absolute Gasteiger partial charge is 0.308 e. The molecular formula is C15H13ClN4. The molecule has 3 aromatic rings. The van der Waals surface area contributed by atoms with E-state index in [9.17, 15) is 0 Å². The molecule has 0 saturated carbocycles. The minimum atomic E-state index is 0.609. The number of para-hydroxylation sites is 1. The van der Waals surface area contributed by atoms with E-state index in [1.54, 1.807) is 0 Å². The summed E-state index contributed by atoms with van der Waals surface area (Å²) in [4.78, 5) is 9.05. The summed E-state index contributed by atoms with van der Waals surface area (Å²) in [5, 5.41) is 1.62. The van der Waals surface area contributed by atoms with Gasteiger partial charge in [0.15, 0.2) is 11.6 Å². The summed E-state index contributed by atoms with van der Waals surface area (Å²) < 4.78 is 0. The minimum Gasteiger partial charge on any atom is -0.308 e. The van der Waals surface area contributed by atoms with Crippen LogP contribution in [0, 0.1) is 6.92 Å². The van der Waals surface area contributed by atoms with Gasteiger partial charge in [0, 0.05) is 16.0 Å². The summed E-state index contributed by atoms with van der Waals surface area (Å²) >= 11 is 6.05. The number of benzene rings is 2. The molecule has 0 saturated heterocycles. The Hall–Kier alpha value is -2.17. The molecule has 20 heavy (non-hydrogen) atoms. The van der Waals surface area contributed by atoms with Gasteiger partial charge < -0.3 is 5.43 Å². The Bertz CT molecular complexity index is 786. The quantitative estimate of drug-likeness (QED) is 0.558. The SMILES string of the molecule is Cc1cc(-c2nc(NN)c3ccccc3n2)ccc1Cl. The van der Waals surface area contributed by atoms with Gasteiger partial charge in [0.25, 0.3) is 0 Å². The number of halogens is 1. The number of nitrogens with one attached hydrogen (secondary N) is 1. The van der Waals surface area contributed by atoms with Crippen molar-refractivity contribution < 1.29 is 0 Å². The first-order chi connectivity index (χ1) is 9.69. The summed E-state index contributed by atoms with van der Waals surface area (Å²) in [7, 11) is 0. The van der Waals surface area contributed by atoms with E-state index in [0.717, 1.165) is 27.1 Å². The van der Waals surface area contributed by atoms with Crippen LogP contribution in [0.1, 0.15) is 5.56 Å². The number of nitrogens with two attached hydrogens (primary N) is 1. The molecule has 0 atom stereocenters. The van der Waals surface area contributed by atoms with Crippen molar-refractivity contribution >= 4 is 28.3 Å². The normalized spacial score (nSPS) is 10.8. The van der Waals surface area contributed by atoms with Crippen molar-refractivity contribution in [3.8, 4) is 11.4 Å². The highest BCUT2D eigenvalue weighted by Crippen LogP contribution is 2.26. The highest BCUT2D eigenvalue weighted by Gasteiger charge is 2.09. The predicted molar refractivity (Wildman–Crippen MR) is 82.5 cm³/mol. The molecule has 1 heterocycles. The Morgan fingerprint density at radius 2 is 1.90 bits per heavy atom. The van der Waals surface area contributed by atoms with E-state index in [4.69, 9.17) is 17.4 Å². The van der Waals surface area contributed by atoms with Gasteiger partial charge in [-0.05, 0) is 42.8 Å².